The molecule has 1 aromatic carbocycles. The molecule has 2 aliphatic heterocycles. The molecule has 0 aromatic heterocycles. The van der Waals surface area contributed by atoms with Crippen molar-refractivity contribution in [1.29, 1.82) is 0 Å². The number of halogens is 2. The highest BCUT2D eigenvalue weighted by atomic mass is 35.5. The first-order valence-electron chi connectivity index (χ1n) is 11.1. The Morgan fingerprint density at radius 3 is 2.39 bits per heavy atom. The largest absolute Gasteiger partial charge is 0.317 e. The summed E-state index contributed by atoms with van der Waals surface area (Å²) in [5, 5.41) is 4.59. The predicted molar refractivity (Wildman–Crippen MR) is 116 cm³/mol. The second-order valence-corrected chi connectivity index (χ2v) is 9.64. The van der Waals surface area contributed by atoms with Crippen molar-refractivity contribution in [3.8, 4) is 0 Å². The third-order valence-corrected chi connectivity index (χ3v) is 7.87. The van der Waals surface area contributed by atoms with Gasteiger partial charge in [-0.2, -0.15) is 0 Å². The highest BCUT2D eigenvalue weighted by Crippen LogP contribution is 2.41. The Morgan fingerprint density at radius 1 is 0.964 bits per heavy atom. The zero-order valence-electron chi connectivity index (χ0n) is 16.6. The maximum Gasteiger partial charge on any atom is 0.157 e. The molecule has 0 bridgehead atoms. The molecule has 1 saturated carbocycles. The normalized spacial score (nSPS) is 26.4. The zero-order valence-corrected chi connectivity index (χ0v) is 18.1. The third-order valence-electron chi connectivity index (χ3n) is 7.13. The molecule has 1 aromatic rings. The second-order valence-electron chi connectivity index (χ2n) is 8.83. The van der Waals surface area contributed by atoms with Gasteiger partial charge in [-0.25, -0.2) is 0 Å². The SMILES string of the molecule is O=C(C(c1ccc(Cl)c(Cl)c1)C1CCCC1)[C@H]1CCCCN1C1CCNCC1. The number of ketones is 1. The number of hydrogen-bond donors (Lipinski definition) is 1. The van der Waals surface area contributed by atoms with E-state index in [9.17, 15) is 4.79 Å². The van der Waals surface area contributed by atoms with Gasteiger partial charge in [0.2, 0.25) is 0 Å². The van der Waals surface area contributed by atoms with Gasteiger partial charge in [0, 0.05) is 12.0 Å². The highest BCUT2D eigenvalue weighted by Gasteiger charge is 2.40. The molecular formula is C23H32Cl2N2O. The minimum atomic E-state index is -0.0374. The lowest BCUT2D eigenvalue weighted by Crippen LogP contribution is -2.54. The molecule has 5 heteroatoms. The van der Waals surface area contributed by atoms with Gasteiger partial charge in [0.25, 0.3) is 0 Å². The molecule has 1 N–H and O–H groups in total. The molecule has 2 atom stereocenters. The number of likely N-dealkylation sites (tertiary alicyclic amines) is 1. The van der Waals surface area contributed by atoms with Crippen molar-refractivity contribution in [2.24, 2.45) is 5.92 Å². The van der Waals surface area contributed by atoms with Crippen LogP contribution < -0.4 is 5.32 Å². The van der Waals surface area contributed by atoms with Crippen LogP contribution in [0.15, 0.2) is 18.2 Å². The van der Waals surface area contributed by atoms with Crippen LogP contribution in [0.25, 0.3) is 0 Å². The molecule has 3 nitrogen and oxygen atoms in total. The Morgan fingerprint density at radius 2 is 1.68 bits per heavy atom. The summed E-state index contributed by atoms with van der Waals surface area (Å²) in [5.41, 5.74) is 1.07. The molecule has 1 aliphatic carbocycles. The Kier molecular flexibility index (Phi) is 6.98. The van der Waals surface area contributed by atoms with E-state index in [0.29, 0.717) is 27.8 Å². The van der Waals surface area contributed by atoms with Crippen LogP contribution >= 0.6 is 23.2 Å². The molecule has 2 saturated heterocycles. The lowest BCUT2D eigenvalue weighted by atomic mass is 9.77. The van der Waals surface area contributed by atoms with Gasteiger partial charge in [0.05, 0.1) is 16.1 Å². The van der Waals surface area contributed by atoms with E-state index < -0.39 is 0 Å². The van der Waals surface area contributed by atoms with Crippen LogP contribution in [0.2, 0.25) is 10.0 Å². The molecule has 3 fully saturated rings. The number of Topliss-reactive ketones (excluding diaryl/α,β-unsaturated/α-hetero) is 1. The minimum Gasteiger partial charge on any atom is -0.317 e. The van der Waals surface area contributed by atoms with Crippen molar-refractivity contribution in [2.45, 2.75) is 75.8 Å². The van der Waals surface area contributed by atoms with Crippen LogP contribution in [0.3, 0.4) is 0 Å². The van der Waals surface area contributed by atoms with E-state index >= 15 is 0 Å². The topological polar surface area (TPSA) is 32.3 Å². The summed E-state index contributed by atoms with van der Waals surface area (Å²) in [6.45, 7) is 3.21. The van der Waals surface area contributed by atoms with Crippen LogP contribution in [-0.2, 0) is 4.79 Å². The van der Waals surface area contributed by atoms with E-state index in [0.717, 1.165) is 63.7 Å². The van der Waals surface area contributed by atoms with Gasteiger partial charge in [-0.15, -0.1) is 0 Å². The first-order valence-corrected chi connectivity index (χ1v) is 11.9. The highest BCUT2D eigenvalue weighted by molar-refractivity contribution is 6.42. The summed E-state index contributed by atoms with van der Waals surface area (Å²) in [4.78, 5) is 16.6. The van der Waals surface area contributed by atoms with Crippen molar-refractivity contribution in [3.63, 3.8) is 0 Å². The molecule has 4 rings (SSSR count). The van der Waals surface area contributed by atoms with E-state index in [-0.39, 0.29) is 12.0 Å². The molecule has 0 amide bonds. The van der Waals surface area contributed by atoms with Gasteiger partial charge in [0.1, 0.15) is 0 Å². The fraction of sp³-hybridized carbons (Fsp3) is 0.696. The molecular weight excluding hydrogens is 391 g/mol. The zero-order chi connectivity index (χ0) is 19.5. The summed E-state index contributed by atoms with van der Waals surface area (Å²) in [6.07, 6.45) is 10.5. The van der Waals surface area contributed by atoms with Crippen molar-refractivity contribution >= 4 is 29.0 Å². The average molecular weight is 423 g/mol. The maximum absolute atomic E-state index is 14.0. The molecule has 28 heavy (non-hydrogen) atoms. The maximum atomic E-state index is 14.0. The van der Waals surface area contributed by atoms with E-state index in [1.165, 1.54) is 19.3 Å². The fourth-order valence-corrected chi connectivity index (χ4v) is 6.01. The number of rotatable bonds is 5. The van der Waals surface area contributed by atoms with E-state index in [1.54, 1.807) is 0 Å². The first kappa shape index (κ1) is 20.7. The number of piperidine rings is 2. The molecule has 2 heterocycles. The number of benzene rings is 1. The summed E-state index contributed by atoms with van der Waals surface area (Å²) in [7, 11) is 0. The Balaban J connectivity index is 1.62. The molecule has 3 aliphatic rings. The van der Waals surface area contributed by atoms with Crippen molar-refractivity contribution in [2.75, 3.05) is 19.6 Å². The van der Waals surface area contributed by atoms with Crippen LogP contribution in [-0.4, -0.2) is 42.4 Å². The van der Waals surface area contributed by atoms with E-state index in [2.05, 4.69) is 10.2 Å². The monoisotopic (exact) mass is 422 g/mol. The smallest absolute Gasteiger partial charge is 0.157 e. The summed E-state index contributed by atoms with van der Waals surface area (Å²) in [6, 6.07) is 6.46. The Hall–Kier alpha value is -0.610. The van der Waals surface area contributed by atoms with Crippen molar-refractivity contribution < 1.29 is 4.79 Å². The van der Waals surface area contributed by atoms with E-state index in [1.807, 2.05) is 18.2 Å². The number of carbonyl (C=O) groups is 1. The van der Waals surface area contributed by atoms with Crippen LogP contribution in [0.4, 0.5) is 0 Å². The average Bonchev–Trinajstić information content (AvgIpc) is 3.26. The van der Waals surface area contributed by atoms with Gasteiger partial charge >= 0.3 is 0 Å². The molecule has 0 radical (unpaired) electrons. The van der Waals surface area contributed by atoms with E-state index in [4.69, 9.17) is 23.2 Å². The number of hydrogen-bond acceptors (Lipinski definition) is 3. The van der Waals surface area contributed by atoms with Crippen LogP contribution in [0.5, 0.6) is 0 Å². The number of nitrogens with zero attached hydrogens (tertiary/aromatic N) is 1. The van der Waals surface area contributed by atoms with Crippen LogP contribution in [0.1, 0.15) is 69.3 Å². The van der Waals surface area contributed by atoms with Gasteiger partial charge in [-0.3, -0.25) is 9.69 Å². The van der Waals surface area contributed by atoms with Gasteiger partial charge in [0.15, 0.2) is 5.78 Å². The van der Waals surface area contributed by atoms with Crippen molar-refractivity contribution in [1.82, 2.24) is 10.2 Å². The van der Waals surface area contributed by atoms with Gasteiger partial charge in [-0.1, -0.05) is 48.5 Å². The molecule has 154 valence electrons. The predicted octanol–water partition coefficient (Wildman–Crippen LogP) is 5.44. The lowest BCUT2D eigenvalue weighted by Gasteiger charge is -2.43. The number of carbonyl (C=O) groups excluding carboxylic acids is 1. The standard InChI is InChI=1S/C23H32Cl2N2O/c24-19-9-8-17(15-20(19)25)22(16-5-1-2-6-16)23(28)21-7-3-4-14-27(21)18-10-12-26-13-11-18/h8-9,15-16,18,21-22,26H,1-7,10-14H2/t21-,22?/m1/s1. The lowest BCUT2D eigenvalue weighted by molar-refractivity contribution is -0.129. The fourth-order valence-electron chi connectivity index (χ4n) is 5.71. The number of nitrogens with one attached hydrogen (secondary N) is 1. The van der Waals surface area contributed by atoms with Gasteiger partial charge in [-0.05, 0) is 81.8 Å². The van der Waals surface area contributed by atoms with Crippen LogP contribution in [0, 0.1) is 5.92 Å². The minimum absolute atomic E-state index is 0.0374. The summed E-state index contributed by atoms with van der Waals surface area (Å²) < 4.78 is 0. The van der Waals surface area contributed by atoms with Gasteiger partial charge < -0.3 is 5.32 Å². The second kappa shape index (κ2) is 9.47. The quantitative estimate of drug-likeness (QED) is 0.684. The molecule has 1 unspecified atom stereocenters. The van der Waals surface area contributed by atoms with Crippen molar-refractivity contribution in [3.05, 3.63) is 33.8 Å². The first-order chi connectivity index (χ1) is 13.6. The summed E-state index contributed by atoms with van der Waals surface area (Å²) >= 11 is 12.5. The Labute approximate surface area is 179 Å². The summed E-state index contributed by atoms with van der Waals surface area (Å²) in [5.74, 6) is 0.842. The third kappa shape index (κ3) is 4.43. The molecule has 0 spiro atoms. The Bertz CT molecular complexity index is 683.